The average Bonchev–Trinajstić information content (AvgIpc) is 2.27. The van der Waals surface area contributed by atoms with E-state index in [-0.39, 0.29) is 6.10 Å². The van der Waals surface area contributed by atoms with Crippen molar-refractivity contribution in [2.45, 2.75) is 31.9 Å². The van der Waals surface area contributed by atoms with Crippen LogP contribution in [-0.4, -0.2) is 12.6 Å². The normalized spacial score (nSPS) is 22.9. The second kappa shape index (κ2) is 4.11. The maximum Gasteiger partial charge on any atom is 0.134 e. The molecule has 1 aliphatic heterocycles. The molecule has 0 amide bonds. The van der Waals surface area contributed by atoms with Crippen LogP contribution in [0.1, 0.15) is 30.6 Å². The first-order chi connectivity index (χ1) is 6.83. The molecule has 1 heterocycles. The van der Waals surface area contributed by atoms with Crippen LogP contribution in [0.5, 0.6) is 0 Å². The van der Waals surface area contributed by atoms with Crippen molar-refractivity contribution in [3.63, 3.8) is 0 Å². The number of hydrogen-bond acceptors (Lipinski definition) is 1. The van der Waals surface area contributed by atoms with Crippen LogP contribution in [0.15, 0.2) is 24.3 Å². The maximum absolute atomic E-state index is 5.79. The van der Waals surface area contributed by atoms with Crippen molar-refractivity contribution in [2.24, 2.45) is 0 Å². The fraction of sp³-hybridized carbons (Fsp3) is 0.500. The Hall–Kier alpha value is -0.860. The van der Waals surface area contributed by atoms with E-state index < -0.39 is 0 Å². The van der Waals surface area contributed by atoms with Crippen LogP contribution >= 0.6 is 0 Å². The van der Waals surface area contributed by atoms with Gasteiger partial charge in [0.2, 0.25) is 0 Å². The van der Waals surface area contributed by atoms with E-state index >= 15 is 0 Å². The van der Waals surface area contributed by atoms with Gasteiger partial charge in [-0.3, -0.25) is 0 Å². The van der Waals surface area contributed by atoms with E-state index in [9.17, 15) is 0 Å². The third-order valence-corrected chi connectivity index (χ3v) is 2.98. The Balaban J connectivity index is 2.30. The number of fused-ring (bicyclic) bond motifs is 1. The van der Waals surface area contributed by atoms with Gasteiger partial charge in [0, 0.05) is 0 Å². The van der Waals surface area contributed by atoms with Crippen molar-refractivity contribution >= 4 is 0 Å². The monoisotopic (exact) mass is 192 g/mol. The van der Waals surface area contributed by atoms with E-state index in [1.807, 2.05) is 0 Å². The summed E-state index contributed by atoms with van der Waals surface area (Å²) in [5.41, 5.74) is 6.94. The summed E-state index contributed by atoms with van der Waals surface area (Å²) in [6, 6.07) is 8.94. The fourth-order valence-corrected chi connectivity index (χ4v) is 2.03. The molecule has 0 fully saturated rings. The van der Waals surface area contributed by atoms with E-state index in [1.165, 1.54) is 11.1 Å². The molecule has 2 rings (SSSR count). The van der Waals surface area contributed by atoms with Crippen molar-refractivity contribution in [1.29, 1.82) is 0 Å². The largest absolute Gasteiger partial charge is 0.367 e. The molecule has 2 atom stereocenters. The molecular weight excluding hydrogens is 174 g/mol. The summed E-state index contributed by atoms with van der Waals surface area (Å²) in [4.78, 5) is 0. The van der Waals surface area contributed by atoms with Gasteiger partial charge in [-0.15, -0.1) is 0 Å². The van der Waals surface area contributed by atoms with Crippen molar-refractivity contribution in [1.82, 2.24) is 0 Å². The SMILES string of the molecule is CC[C@@H]([NH3+])[C@@H]1OCCc2ccccc21. The Labute approximate surface area is 85.1 Å². The molecule has 0 saturated heterocycles. The summed E-state index contributed by atoms with van der Waals surface area (Å²) in [6.07, 6.45) is 2.33. The Bertz CT molecular complexity index is 311. The van der Waals surface area contributed by atoms with Gasteiger partial charge in [0.1, 0.15) is 12.1 Å². The van der Waals surface area contributed by atoms with Crippen molar-refractivity contribution in [2.75, 3.05) is 6.61 Å². The molecule has 2 heteroatoms. The molecule has 1 aliphatic rings. The first kappa shape index (κ1) is 9.69. The van der Waals surface area contributed by atoms with E-state index in [0.717, 1.165) is 19.4 Å². The number of rotatable bonds is 2. The smallest absolute Gasteiger partial charge is 0.134 e. The molecule has 76 valence electrons. The highest BCUT2D eigenvalue weighted by atomic mass is 16.5. The standard InChI is InChI=1S/C12H17NO/c1-2-11(13)12-10-6-4-3-5-9(10)7-8-14-12/h3-6,11-12H,2,7-8,13H2,1H3/p+1/t11-,12-/m1/s1. The maximum atomic E-state index is 5.79. The number of hydrogen-bond donors (Lipinski definition) is 1. The first-order valence-electron chi connectivity index (χ1n) is 5.35. The highest BCUT2D eigenvalue weighted by molar-refractivity contribution is 5.31. The lowest BCUT2D eigenvalue weighted by molar-refractivity contribution is -0.442. The van der Waals surface area contributed by atoms with Crippen molar-refractivity contribution in [3.8, 4) is 0 Å². The molecule has 0 spiro atoms. The van der Waals surface area contributed by atoms with E-state index in [2.05, 4.69) is 36.9 Å². The minimum Gasteiger partial charge on any atom is -0.367 e. The number of ether oxygens (including phenoxy) is 1. The lowest BCUT2D eigenvalue weighted by atomic mass is 9.93. The zero-order chi connectivity index (χ0) is 9.97. The predicted octanol–water partition coefficient (Wildman–Crippen LogP) is 1.32. The molecule has 0 radical (unpaired) electrons. The van der Waals surface area contributed by atoms with Crippen LogP contribution in [0.3, 0.4) is 0 Å². The molecule has 0 saturated carbocycles. The van der Waals surface area contributed by atoms with Crippen LogP contribution in [0, 0.1) is 0 Å². The second-order valence-corrected chi connectivity index (χ2v) is 3.91. The minimum absolute atomic E-state index is 0.213. The van der Waals surface area contributed by atoms with Gasteiger partial charge >= 0.3 is 0 Å². The molecule has 1 aromatic carbocycles. The van der Waals surface area contributed by atoms with E-state index in [1.54, 1.807) is 0 Å². The highest BCUT2D eigenvalue weighted by Gasteiger charge is 2.27. The summed E-state index contributed by atoms with van der Waals surface area (Å²) >= 11 is 0. The molecule has 3 N–H and O–H groups in total. The van der Waals surface area contributed by atoms with Gasteiger partial charge in [0.05, 0.1) is 6.61 Å². The summed E-state index contributed by atoms with van der Waals surface area (Å²) in [7, 11) is 0. The fourth-order valence-electron chi connectivity index (χ4n) is 2.03. The van der Waals surface area contributed by atoms with Gasteiger partial charge in [0.15, 0.2) is 0 Å². The van der Waals surface area contributed by atoms with Crippen LogP contribution in [0.4, 0.5) is 0 Å². The molecule has 0 aromatic heterocycles. The van der Waals surface area contributed by atoms with Crippen LogP contribution in [0.2, 0.25) is 0 Å². The summed E-state index contributed by atoms with van der Waals surface area (Å²) < 4.78 is 5.79. The predicted molar refractivity (Wildman–Crippen MR) is 55.8 cm³/mol. The Morgan fingerprint density at radius 3 is 3.07 bits per heavy atom. The first-order valence-corrected chi connectivity index (χ1v) is 5.35. The topological polar surface area (TPSA) is 36.9 Å². The Kier molecular flexibility index (Phi) is 2.85. The number of benzene rings is 1. The Morgan fingerprint density at radius 1 is 1.50 bits per heavy atom. The molecule has 2 nitrogen and oxygen atoms in total. The summed E-state index contributed by atoms with van der Waals surface area (Å²) in [6.45, 7) is 3.01. The van der Waals surface area contributed by atoms with Crippen LogP contribution in [0.25, 0.3) is 0 Å². The third-order valence-electron chi connectivity index (χ3n) is 2.98. The Morgan fingerprint density at radius 2 is 2.29 bits per heavy atom. The van der Waals surface area contributed by atoms with Gasteiger partial charge in [-0.05, 0) is 24.0 Å². The summed E-state index contributed by atoms with van der Waals surface area (Å²) in [5, 5.41) is 0. The molecule has 1 aromatic rings. The highest BCUT2D eigenvalue weighted by Crippen LogP contribution is 2.28. The zero-order valence-corrected chi connectivity index (χ0v) is 8.70. The lowest BCUT2D eigenvalue weighted by Crippen LogP contribution is -2.64. The van der Waals surface area contributed by atoms with Crippen molar-refractivity contribution < 1.29 is 10.5 Å². The van der Waals surface area contributed by atoms with Gasteiger partial charge in [-0.25, -0.2) is 0 Å². The van der Waals surface area contributed by atoms with Crippen LogP contribution in [-0.2, 0) is 11.2 Å². The molecule has 0 aliphatic carbocycles. The number of quaternary nitrogens is 1. The average molecular weight is 192 g/mol. The molecule has 0 bridgehead atoms. The van der Waals surface area contributed by atoms with Crippen LogP contribution < -0.4 is 5.73 Å². The molecular formula is C12H18NO+. The second-order valence-electron chi connectivity index (χ2n) is 3.91. The van der Waals surface area contributed by atoms with Gasteiger partial charge in [-0.2, -0.15) is 0 Å². The minimum atomic E-state index is 0.213. The third kappa shape index (κ3) is 1.68. The zero-order valence-electron chi connectivity index (χ0n) is 8.70. The quantitative estimate of drug-likeness (QED) is 0.754. The van der Waals surface area contributed by atoms with E-state index in [4.69, 9.17) is 4.74 Å². The van der Waals surface area contributed by atoms with E-state index in [0.29, 0.717) is 6.04 Å². The lowest BCUT2D eigenvalue weighted by Gasteiger charge is -2.27. The van der Waals surface area contributed by atoms with Gasteiger partial charge in [-0.1, -0.05) is 31.2 Å². The van der Waals surface area contributed by atoms with Crippen molar-refractivity contribution in [3.05, 3.63) is 35.4 Å². The molecule has 0 unspecified atom stereocenters. The molecule has 14 heavy (non-hydrogen) atoms. The van der Waals surface area contributed by atoms with Gasteiger partial charge < -0.3 is 10.5 Å². The van der Waals surface area contributed by atoms with Gasteiger partial charge in [0.25, 0.3) is 0 Å². The summed E-state index contributed by atoms with van der Waals surface area (Å²) in [5.74, 6) is 0.